The van der Waals surface area contributed by atoms with Crippen LogP contribution in [0.3, 0.4) is 0 Å². The second-order valence-corrected chi connectivity index (χ2v) is 11.9. The van der Waals surface area contributed by atoms with E-state index in [9.17, 15) is 32.3 Å². The smallest absolute Gasteiger partial charge is 0.416 e. The van der Waals surface area contributed by atoms with Crippen molar-refractivity contribution in [2.45, 2.75) is 28.9 Å². The molecule has 1 N–H and O–H groups in total. The van der Waals surface area contributed by atoms with E-state index in [1.54, 1.807) is 48.8 Å². The van der Waals surface area contributed by atoms with E-state index in [1.807, 2.05) is 0 Å². The van der Waals surface area contributed by atoms with E-state index < -0.39 is 58.0 Å². The van der Waals surface area contributed by atoms with E-state index >= 15 is 0 Å². The largest absolute Gasteiger partial charge is 0.497 e. The first-order valence-corrected chi connectivity index (χ1v) is 14.6. The summed E-state index contributed by atoms with van der Waals surface area (Å²) in [6.07, 6.45) is -1.45. The van der Waals surface area contributed by atoms with E-state index in [0.29, 0.717) is 26.9 Å². The number of benzene rings is 2. The number of pyridine rings is 1. The van der Waals surface area contributed by atoms with E-state index in [-0.39, 0.29) is 5.69 Å². The average molecular weight is 627 g/mol. The molecule has 0 radical (unpaired) electrons. The average Bonchev–Trinajstić information content (AvgIpc) is 3.43. The number of thioether (sulfide) groups is 1. The molecule has 1 fully saturated rings. The number of nitrogens with zero attached hydrogens (tertiary/aromatic N) is 3. The second-order valence-electron chi connectivity index (χ2n) is 9.79. The number of alkyl halides is 3. The third-order valence-corrected chi connectivity index (χ3v) is 9.80. The van der Waals surface area contributed by atoms with Gasteiger partial charge in [0, 0.05) is 28.9 Å². The number of amides is 3. The number of ether oxygens (including phenoxy) is 1. The number of halogens is 3. The lowest BCUT2D eigenvalue weighted by Crippen LogP contribution is -2.33. The highest BCUT2D eigenvalue weighted by atomic mass is 32.2. The van der Waals surface area contributed by atoms with Crippen LogP contribution in [-0.4, -0.2) is 39.6 Å². The van der Waals surface area contributed by atoms with E-state index in [4.69, 9.17) is 4.74 Å². The van der Waals surface area contributed by atoms with Crippen LogP contribution in [0.15, 0.2) is 82.9 Å². The third-order valence-electron chi connectivity index (χ3n) is 7.20. The second kappa shape index (κ2) is 11.0. The number of carbonyl (C=O) groups is 3. The van der Waals surface area contributed by atoms with E-state index in [0.717, 1.165) is 40.1 Å². The molecule has 0 spiro atoms. The lowest BCUT2D eigenvalue weighted by Gasteiger charge is -2.30. The SMILES string of the molecule is COc1ccc(N2C(=O)C3Sc4c(sc(=O)n4CC(=O)Nc4cccc(C(F)(F)F)c4)C(c4cccnc4)C3C2=O)cc1. The maximum absolute atomic E-state index is 13.9. The van der Waals surface area contributed by atoms with Crippen molar-refractivity contribution in [2.75, 3.05) is 17.3 Å². The van der Waals surface area contributed by atoms with Gasteiger partial charge in [0.1, 0.15) is 17.5 Å². The van der Waals surface area contributed by atoms with Crippen LogP contribution < -0.4 is 19.8 Å². The summed E-state index contributed by atoms with van der Waals surface area (Å²) >= 11 is 1.89. The van der Waals surface area contributed by atoms with Gasteiger partial charge in [0.25, 0.3) is 0 Å². The number of methoxy groups -OCH3 is 1. The molecule has 2 aliphatic heterocycles. The van der Waals surface area contributed by atoms with Crippen molar-refractivity contribution in [3.05, 3.63) is 98.7 Å². The maximum Gasteiger partial charge on any atom is 0.416 e. The van der Waals surface area contributed by atoms with E-state index in [2.05, 4.69) is 10.3 Å². The van der Waals surface area contributed by atoms with Gasteiger partial charge < -0.3 is 10.1 Å². The zero-order valence-electron chi connectivity index (χ0n) is 22.2. The topological polar surface area (TPSA) is 111 Å². The Morgan fingerprint density at radius 2 is 1.81 bits per heavy atom. The van der Waals surface area contributed by atoms with Gasteiger partial charge in [0.2, 0.25) is 17.7 Å². The molecule has 0 saturated carbocycles. The van der Waals surface area contributed by atoms with Crippen LogP contribution in [-0.2, 0) is 27.1 Å². The van der Waals surface area contributed by atoms with Gasteiger partial charge in [-0.15, -0.1) is 0 Å². The fourth-order valence-electron chi connectivity index (χ4n) is 5.28. The summed E-state index contributed by atoms with van der Waals surface area (Å²) in [5.41, 5.74) is -0.0118. The first-order valence-electron chi connectivity index (χ1n) is 12.9. The van der Waals surface area contributed by atoms with Gasteiger partial charge in [-0.3, -0.25) is 28.7 Å². The van der Waals surface area contributed by atoms with Gasteiger partial charge in [0.15, 0.2) is 0 Å². The number of imide groups is 1. The van der Waals surface area contributed by atoms with Crippen molar-refractivity contribution in [1.82, 2.24) is 9.55 Å². The third kappa shape index (κ3) is 5.20. The van der Waals surface area contributed by atoms with Crippen LogP contribution in [0.2, 0.25) is 0 Å². The van der Waals surface area contributed by atoms with Crippen LogP contribution in [0.25, 0.3) is 0 Å². The Labute approximate surface area is 250 Å². The minimum Gasteiger partial charge on any atom is -0.497 e. The minimum atomic E-state index is -4.59. The number of rotatable bonds is 6. The number of aromatic nitrogens is 2. The fourth-order valence-corrected chi connectivity index (χ4v) is 8.05. The van der Waals surface area contributed by atoms with Crippen LogP contribution >= 0.6 is 23.1 Å². The molecule has 0 bridgehead atoms. The fraction of sp³-hybridized carbons (Fsp3) is 0.207. The number of carbonyl (C=O) groups excluding carboxylic acids is 3. The number of fused-ring (bicyclic) bond motifs is 2. The van der Waals surface area contributed by atoms with Crippen molar-refractivity contribution in [3.63, 3.8) is 0 Å². The van der Waals surface area contributed by atoms with Crippen molar-refractivity contribution >= 4 is 52.2 Å². The Balaban J connectivity index is 1.36. The van der Waals surface area contributed by atoms with Crippen LogP contribution in [0.4, 0.5) is 24.5 Å². The lowest BCUT2D eigenvalue weighted by molar-refractivity contribution is -0.137. The van der Waals surface area contributed by atoms with Gasteiger partial charge in [-0.1, -0.05) is 35.2 Å². The Morgan fingerprint density at radius 1 is 1.05 bits per heavy atom. The molecule has 3 atom stereocenters. The molecular formula is C29H21F3N4O5S2. The summed E-state index contributed by atoms with van der Waals surface area (Å²) in [5, 5.41) is 1.86. The molecule has 4 heterocycles. The summed E-state index contributed by atoms with van der Waals surface area (Å²) in [4.78, 5) is 59.1. The molecule has 220 valence electrons. The Hall–Kier alpha value is -4.43. The highest BCUT2D eigenvalue weighted by molar-refractivity contribution is 8.00. The van der Waals surface area contributed by atoms with Gasteiger partial charge >= 0.3 is 11.0 Å². The summed E-state index contributed by atoms with van der Waals surface area (Å²) in [5.74, 6) is -2.61. The quantitative estimate of drug-likeness (QED) is 0.307. The number of thiazole rings is 1. The van der Waals surface area contributed by atoms with Crippen LogP contribution in [0.5, 0.6) is 5.75 Å². The lowest BCUT2D eigenvalue weighted by atomic mass is 9.84. The van der Waals surface area contributed by atoms with Crippen molar-refractivity contribution < 1.29 is 32.3 Å². The highest BCUT2D eigenvalue weighted by Gasteiger charge is 2.57. The van der Waals surface area contributed by atoms with E-state index in [1.165, 1.54) is 23.8 Å². The predicted molar refractivity (Wildman–Crippen MR) is 153 cm³/mol. The summed E-state index contributed by atoms with van der Waals surface area (Å²) < 4.78 is 45.8. The van der Waals surface area contributed by atoms with Gasteiger partial charge in [-0.05, 0) is 54.1 Å². The first kappa shape index (κ1) is 28.7. The van der Waals surface area contributed by atoms with Gasteiger partial charge in [-0.2, -0.15) is 13.2 Å². The molecular weight excluding hydrogens is 605 g/mol. The van der Waals surface area contributed by atoms with Crippen molar-refractivity contribution in [2.24, 2.45) is 5.92 Å². The number of anilines is 2. The number of nitrogens with one attached hydrogen (secondary N) is 1. The Morgan fingerprint density at radius 3 is 2.49 bits per heavy atom. The molecule has 4 aromatic rings. The molecule has 43 heavy (non-hydrogen) atoms. The zero-order chi connectivity index (χ0) is 30.5. The minimum absolute atomic E-state index is 0.0791. The normalized spacial score (nSPS) is 19.6. The highest BCUT2D eigenvalue weighted by Crippen LogP contribution is 2.53. The number of hydrogen-bond acceptors (Lipinski definition) is 8. The molecule has 0 aliphatic carbocycles. The van der Waals surface area contributed by atoms with Crippen LogP contribution in [0.1, 0.15) is 21.9 Å². The van der Waals surface area contributed by atoms with Gasteiger partial charge in [0.05, 0.1) is 29.3 Å². The molecule has 1 saturated heterocycles. The number of hydrogen-bond donors (Lipinski definition) is 1. The van der Waals surface area contributed by atoms with Crippen molar-refractivity contribution in [1.29, 1.82) is 0 Å². The molecule has 2 aromatic carbocycles. The Kier molecular flexibility index (Phi) is 7.34. The molecule has 14 heteroatoms. The molecule has 3 amide bonds. The zero-order valence-corrected chi connectivity index (χ0v) is 23.8. The molecule has 2 aromatic heterocycles. The molecule has 9 nitrogen and oxygen atoms in total. The molecule has 6 rings (SSSR count). The van der Waals surface area contributed by atoms with Crippen LogP contribution in [0, 0.1) is 5.92 Å². The summed E-state index contributed by atoms with van der Waals surface area (Å²) in [6, 6.07) is 14.1. The maximum atomic E-state index is 13.9. The van der Waals surface area contributed by atoms with Crippen molar-refractivity contribution in [3.8, 4) is 5.75 Å². The summed E-state index contributed by atoms with van der Waals surface area (Å²) in [6.45, 7) is -0.505. The standard InChI is InChI=1S/C29H21F3N4O5S2/c1-41-19-9-7-18(8-10-19)36-25(38)22-21(15-4-3-11-33-13-15)24-27(42-23(22)26(36)39)35(28(40)43-24)14-20(37)34-17-6-2-5-16(12-17)29(30,31)32/h2-13,21-23H,14H2,1H3,(H,34,37). The van der Waals surface area contributed by atoms with Gasteiger partial charge in [-0.25, -0.2) is 4.90 Å². The molecule has 2 aliphatic rings. The molecule has 3 unspecified atom stereocenters. The monoisotopic (exact) mass is 626 g/mol. The summed E-state index contributed by atoms with van der Waals surface area (Å²) in [7, 11) is 1.50. The first-order chi connectivity index (χ1) is 20.6. The Bertz CT molecular complexity index is 1790. The predicted octanol–water partition coefficient (Wildman–Crippen LogP) is 4.77.